The lowest BCUT2D eigenvalue weighted by atomic mass is 9.94. The number of methoxy groups -OCH3 is 2. The van der Waals surface area contributed by atoms with Gasteiger partial charge in [0.2, 0.25) is 0 Å². The van der Waals surface area contributed by atoms with Crippen molar-refractivity contribution in [2.45, 2.75) is 26.3 Å². The SMILES string of the molecule is COc1cc(C)c(C(=CC(N)C(=O)O)CC(C)=O)cc1OC. The molecule has 1 unspecified atom stereocenters. The predicted octanol–water partition coefficient (Wildman–Crippen LogP) is 1.79. The molecular formula is C16H21NO5. The molecule has 0 fully saturated rings. The van der Waals surface area contributed by atoms with Crippen molar-refractivity contribution in [3.63, 3.8) is 0 Å². The molecule has 6 nitrogen and oxygen atoms in total. The summed E-state index contributed by atoms with van der Waals surface area (Å²) in [6, 6.07) is 2.31. The summed E-state index contributed by atoms with van der Waals surface area (Å²) in [6.45, 7) is 3.29. The molecule has 0 aliphatic rings. The van der Waals surface area contributed by atoms with Crippen molar-refractivity contribution in [3.8, 4) is 11.5 Å². The van der Waals surface area contributed by atoms with Gasteiger partial charge >= 0.3 is 5.97 Å². The summed E-state index contributed by atoms with van der Waals surface area (Å²) < 4.78 is 10.5. The second kappa shape index (κ2) is 7.61. The predicted molar refractivity (Wildman–Crippen MR) is 83.2 cm³/mol. The van der Waals surface area contributed by atoms with Crippen molar-refractivity contribution in [1.82, 2.24) is 0 Å². The molecule has 0 radical (unpaired) electrons. The van der Waals surface area contributed by atoms with E-state index < -0.39 is 12.0 Å². The standard InChI is InChI=1S/C16H21NO5/c1-9-5-14(21-3)15(22-4)8-12(9)11(6-10(2)18)7-13(17)16(19)20/h5,7-8,13H,6,17H2,1-4H3,(H,19,20). The Morgan fingerprint density at radius 3 is 2.27 bits per heavy atom. The first-order valence-corrected chi connectivity index (χ1v) is 6.71. The molecule has 3 N–H and O–H groups in total. The van der Waals surface area contributed by atoms with Crippen LogP contribution >= 0.6 is 0 Å². The van der Waals surface area contributed by atoms with Crippen LogP contribution in [0.25, 0.3) is 5.57 Å². The van der Waals surface area contributed by atoms with Crippen LogP contribution in [-0.4, -0.2) is 37.1 Å². The Bertz CT molecular complexity index is 607. The molecule has 1 rings (SSSR count). The van der Waals surface area contributed by atoms with E-state index in [9.17, 15) is 9.59 Å². The van der Waals surface area contributed by atoms with Crippen LogP contribution in [0.5, 0.6) is 11.5 Å². The highest BCUT2D eigenvalue weighted by molar-refractivity contribution is 5.91. The van der Waals surface area contributed by atoms with Crippen LogP contribution in [0.3, 0.4) is 0 Å². The molecule has 0 bridgehead atoms. The minimum Gasteiger partial charge on any atom is -0.493 e. The summed E-state index contributed by atoms with van der Waals surface area (Å²) in [6.07, 6.45) is 1.48. The Kier molecular flexibility index (Phi) is 6.12. The molecule has 0 aromatic heterocycles. The van der Waals surface area contributed by atoms with E-state index in [1.807, 2.05) is 6.92 Å². The van der Waals surface area contributed by atoms with Crippen LogP contribution in [0.2, 0.25) is 0 Å². The fraction of sp³-hybridized carbons (Fsp3) is 0.375. The van der Waals surface area contributed by atoms with Gasteiger partial charge < -0.3 is 20.3 Å². The first kappa shape index (κ1) is 17.7. The van der Waals surface area contributed by atoms with Gasteiger partial charge in [-0.05, 0) is 42.7 Å². The largest absolute Gasteiger partial charge is 0.493 e. The van der Waals surface area contributed by atoms with E-state index in [2.05, 4.69) is 0 Å². The third-order valence-corrected chi connectivity index (χ3v) is 3.18. The van der Waals surface area contributed by atoms with Gasteiger partial charge in [-0.2, -0.15) is 0 Å². The van der Waals surface area contributed by atoms with Gasteiger partial charge in [-0.15, -0.1) is 0 Å². The Balaban J connectivity index is 3.42. The second-order valence-corrected chi connectivity index (χ2v) is 4.96. The van der Waals surface area contributed by atoms with Crippen LogP contribution in [0.1, 0.15) is 24.5 Å². The lowest BCUT2D eigenvalue weighted by Gasteiger charge is -2.15. The Morgan fingerprint density at radius 1 is 1.27 bits per heavy atom. The smallest absolute Gasteiger partial charge is 0.324 e. The Labute approximate surface area is 129 Å². The van der Waals surface area contributed by atoms with Gasteiger partial charge in [-0.3, -0.25) is 9.59 Å². The second-order valence-electron chi connectivity index (χ2n) is 4.96. The Morgan fingerprint density at radius 2 is 1.82 bits per heavy atom. The number of carbonyl (C=O) groups is 2. The van der Waals surface area contributed by atoms with Crippen LogP contribution < -0.4 is 15.2 Å². The number of benzene rings is 1. The molecule has 0 aliphatic heterocycles. The number of aryl methyl sites for hydroxylation is 1. The quantitative estimate of drug-likeness (QED) is 0.796. The maximum absolute atomic E-state index is 11.5. The number of ketones is 1. The molecule has 120 valence electrons. The number of hydrogen-bond donors (Lipinski definition) is 2. The van der Waals surface area contributed by atoms with Gasteiger partial charge in [0.15, 0.2) is 11.5 Å². The number of allylic oxidation sites excluding steroid dienone is 1. The lowest BCUT2D eigenvalue weighted by molar-refractivity contribution is -0.137. The van der Waals surface area contributed by atoms with E-state index >= 15 is 0 Å². The number of nitrogens with two attached hydrogens (primary N) is 1. The summed E-state index contributed by atoms with van der Waals surface area (Å²) in [4.78, 5) is 22.4. The number of rotatable bonds is 7. The maximum Gasteiger partial charge on any atom is 0.324 e. The van der Waals surface area contributed by atoms with E-state index in [0.717, 1.165) is 5.56 Å². The average Bonchev–Trinajstić information content (AvgIpc) is 2.45. The molecule has 0 amide bonds. The zero-order valence-electron chi connectivity index (χ0n) is 13.2. The van der Waals surface area contributed by atoms with Crippen LogP contribution in [-0.2, 0) is 9.59 Å². The monoisotopic (exact) mass is 307 g/mol. The third-order valence-electron chi connectivity index (χ3n) is 3.18. The summed E-state index contributed by atoms with van der Waals surface area (Å²) in [5.41, 5.74) is 7.67. The highest BCUT2D eigenvalue weighted by Gasteiger charge is 2.16. The van der Waals surface area contributed by atoms with Gasteiger partial charge in [-0.25, -0.2) is 0 Å². The molecule has 0 heterocycles. The van der Waals surface area contributed by atoms with E-state index in [0.29, 0.717) is 22.6 Å². The van der Waals surface area contributed by atoms with Crippen molar-refractivity contribution in [1.29, 1.82) is 0 Å². The van der Waals surface area contributed by atoms with E-state index in [1.54, 1.807) is 12.1 Å². The number of carboxylic acids is 1. The van der Waals surface area contributed by atoms with Crippen molar-refractivity contribution >= 4 is 17.3 Å². The average molecular weight is 307 g/mol. The fourth-order valence-corrected chi connectivity index (χ4v) is 2.13. The van der Waals surface area contributed by atoms with Crippen LogP contribution in [0.4, 0.5) is 0 Å². The molecule has 1 aromatic carbocycles. The van der Waals surface area contributed by atoms with Crippen molar-refractivity contribution < 1.29 is 24.2 Å². The first-order chi connectivity index (χ1) is 10.3. The van der Waals surface area contributed by atoms with Gasteiger partial charge in [0.05, 0.1) is 14.2 Å². The molecule has 22 heavy (non-hydrogen) atoms. The topological polar surface area (TPSA) is 98.9 Å². The van der Waals surface area contributed by atoms with Crippen LogP contribution in [0, 0.1) is 6.92 Å². The Hall–Kier alpha value is -2.34. The van der Waals surface area contributed by atoms with Gasteiger partial charge in [0.25, 0.3) is 0 Å². The van der Waals surface area contributed by atoms with Crippen molar-refractivity contribution in [3.05, 3.63) is 29.3 Å². The molecule has 1 aromatic rings. The minimum absolute atomic E-state index is 0.0852. The van der Waals surface area contributed by atoms with Gasteiger partial charge in [-0.1, -0.05) is 6.08 Å². The first-order valence-electron chi connectivity index (χ1n) is 6.71. The molecule has 0 saturated heterocycles. The number of ether oxygens (including phenoxy) is 2. The normalized spacial score (nSPS) is 12.7. The molecule has 0 spiro atoms. The molecular weight excluding hydrogens is 286 g/mol. The number of hydrogen-bond acceptors (Lipinski definition) is 5. The molecule has 0 aliphatic carbocycles. The maximum atomic E-state index is 11.5. The van der Waals surface area contributed by atoms with E-state index in [-0.39, 0.29) is 12.2 Å². The zero-order chi connectivity index (χ0) is 16.9. The number of carboxylic acid groups (broad SMARTS) is 1. The zero-order valence-corrected chi connectivity index (χ0v) is 13.2. The number of Topliss-reactive ketones (excluding diaryl/α,β-unsaturated/α-hetero) is 1. The fourth-order valence-electron chi connectivity index (χ4n) is 2.13. The van der Waals surface area contributed by atoms with E-state index in [4.69, 9.17) is 20.3 Å². The van der Waals surface area contributed by atoms with Gasteiger partial charge in [0.1, 0.15) is 11.8 Å². The van der Waals surface area contributed by atoms with Crippen molar-refractivity contribution in [2.75, 3.05) is 14.2 Å². The minimum atomic E-state index is -1.18. The lowest BCUT2D eigenvalue weighted by Crippen LogP contribution is -2.28. The number of aliphatic carboxylic acids is 1. The van der Waals surface area contributed by atoms with Crippen LogP contribution in [0.15, 0.2) is 18.2 Å². The summed E-state index contributed by atoms with van der Waals surface area (Å²) in [7, 11) is 3.04. The van der Waals surface area contributed by atoms with Crippen molar-refractivity contribution in [2.24, 2.45) is 5.73 Å². The summed E-state index contributed by atoms with van der Waals surface area (Å²) in [5, 5.41) is 8.96. The summed E-state index contributed by atoms with van der Waals surface area (Å²) in [5.74, 6) is -0.174. The highest BCUT2D eigenvalue weighted by Crippen LogP contribution is 2.34. The molecule has 6 heteroatoms. The van der Waals surface area contributed by atoms with E-state index in [1.165, 1.54) is 27.2 Å². The summed E-state index contributed by atoms with van der Waals surface area (Å²) >= 11 is 0. The number of carbonyl (C=O) groups excluding carboxylic acids is 1. The third kappa shape index (κ3) is 4.33. The van der Waals surface area contributed by atoms with Gasteiger partial charge in [0, 0.05) is 6.42 Å². The molecule has 1 atom stereocenters. The highest BCUT2D eigenvalue weighted by atomic mass is 16.5. The molecule has 0 saturated carbocycles.